The second kappa shape index (κ2) is 56.8. The van der Waals surface area contributed by atoms with E-state index < -0.39 is 175 Å². The molecule has 14 atom stereocenters. The summed E-state index contributed by atoms with van der Waals surface area (Å²) < 4.78 is 16.7. The number of hydrogen-bond donors (Lipinski definition) is 21. The molecular weight excluding hydrogens is 1640 g/mol. The van der Waals surface area contributed by atoms with Gasteiger partial charge in [0.2, 0.25) is 88.6 Å². The van der Waals surface area contributed by atoms with Gasteiger partial charge in [0.1, 0.15) is 72.2 Å². The molecule has 2 fully saturated rings. The van der Waals surface area contributed by atoms with Crippen molar-refractivity contribution in [2.75, 3.05) is 84.0 Å². The molecule has 2 aliphatic rings. The maximum atomic E-state index is 14.4. The van der Waals surface area contributed by atoms with Gasteiger partial charge in [-0.25, -0.2) is 4.79 Å². The fraction of sp³-hybridized carbons (Fsp3) is 0.659. The van der Waals surface area contributed by atoms with Crippen LogP contribution in [0.4, 0.5) is 4.79 Å². The number of aliphatic hydroxyl groups excluding tert-OH is 2. The lowest BCUT2D eigenvalue weighted by Crippen LogP contribution is -2.61. The summed E-state index contributed by atoms with van der Waals surface area (Å²) in [5.41, 5.74) is 6.21. The Morgan fingerprint density at radius 1 is 0.447 bits per heavy atom. The Bertz CT molecular complexity index is 3760. The summed E-state index contributed by atoms with van der Waals surface area (Å²) in [7, 11) is 0. The predicted octanol–water partition coefficient (Wildman–Crippen LogP) is -2.57. The van der Waals surface area contributed by atoms with Crippen LogP contribution in [0.2, 0.25) is 0 Å². The molecule has 0 unspecified atom stereocenters. The SMILES string of the molecule is CC(C)C[C@H](NC(=O)CCC(=O)NCCCOCCOCCOCCCNC(=O)CCCC[C@@H]1SC[C@@H]2NC(=O)N[C@@H]21)C(=O)N[C@@H](CO)C(=O)N[C@@H](CC(C)C)C(=O)N[C@@H](Cc1ccc(O)cc1)C(=O)NCC(=O)N[C@@H](CO)C(=O)N[C@@H](Cc1ccccc1)C(=O)N[C@@H](C)C(=O)N[C@H](C(=O)N[C@@H](CC(C)C)C(=O)N[C@@H](CS)C(=O)N[C@@H](C)C(N)=O)C(C)C. The Morgan fingerprint density at radius 2 is 0.878 bits per heavy atom. The molecule has 2 aromatic carbocycles. The second-order valence-electron chi connectivity index (χ2n) is 32.0. The van der Waals surface area contributed by atoms with E-state index in [-0.39, 0.29) is 105 Å². The molecule has 39 nitrogen and oxygen atoms in total. The lowest BCUT2D eigenvalue weighted by atomic mass is 9.99. The topological polar surface area (TPSA) is 580 Å². The Morgan fingerprint density at radius 3 is 1.40 bits per heavy atom. The summed E-state index contributed by atoms with van der Waals surface area (Å²) in [6.45, 7) is 16.5. The van der Waals surface area contributed by atoms with Gasteiger partial charge in [-0.3, -0.25) is 71.9 Å². The van der Waals surface area contributed by atoms with E-state index in [0.717, 1.165) is 25.0 Å². The number of carbonyl (C=O) groups is 16. The highest BCUT2D eigenvalue weighted by molar-refractivity contribution is 8.00. The third kappa shape index (κ3) is 41.0. The van der Waals surface area contributed by atoms with Gasteiger partial charge in [0.15, 0.2) is 0 Å². The number of hydrogen-bond acceptors (Lipinski definition) is 24. The highest BCUT2D eigenvalue weighted by atomic mass is 32.2. The molecule has 2 heterocycles. The van der Waals surface area contributed by atoms with Crippen LogP contribution in [0.1, 0.15) is 151 Å². The smallest absolute Gasteiger partial charge is 0.315 e. The van der Waals surface area contributed by atoms with E-state index in [1.54, 1.807) is 85.7 Å². The van der Waals surface area contributed by atoms with Gasteiger partial charge in [0.05, 0.1) is 58.3 Å². The van der Waals surface area contributed by atoms with Crippen LogP contribution >= 0.6 is 24.4 Å². The van der Waals surface area contributed by atoms with Crippen molar-refractivity contribution in [1.29, 1.82) is 0 Å². The minimum atomic E-state index is -1.76. The molecule has 0 radical (unpaired) electrons. The number of thioether (sulfide) groups is 1. The van der Waals surface area contributed by atoms with Gasteiger partial charge in [-0.15, -0.1) is 0 Å². The van der Waals surface area contributed by atoms with Crippen LogP contribution in [-0.2, 0) is 99.0 Å². The molecule has 0 saturated carbocycles. The zero-order valence-electron chi connectivity index (χ0n) is 72.0. The molecular formula is C82H131N17O22S2. The molecule has 17 amide bonds. The number of nitrogens with two attached hydrogens (primary N) is 1. The number of fused-ring (bicyclic) bond motifs is 1. The van der Waals surface area contributed by atoms with E-state index >= 15 is 0 Å². The lowest BCUT2D eigenvalue weighted by molar-refractivity contribution is -0.136. The monoisotopic (exact) mass is 1770 g/mol. The average molecular weight is 1770 g/mol. The van der Waals surface area contributed by atoms with E-state index in [2.05, 4.69) is 97.7 Å². The molecule has 688 valence electrons. The van der Waals surface area contributed by atoms with Crippen LogP contribution in [-0.4, -0.2) is 278 Å². The van der Waals surface area contributed by atoms with Crippen LogP contribution in [0.25, 0.3) is 0 Å². The van der Waals surface area contributed by atoms with E-state index in [4.69, 9.17) is 19.9 Å². The van der Waals surface area contributed by atoms with E-state index in [0.29, 0.717) is 81.8 Å². The standard InChI is InChI=1S/C82H131N17O22S2/c1-46(2)36-55(89-67(105)27-26-66(104)85-29-17-31-120-33-35-121-34-32-119-30-16-28-84-65(103)21-15-14-20-64-70-63(45-123-64)97-82(118)99-70)75(111)95-61(43-101)79(115)91-56(37-47(3)4)76(112)92-58(40-53-22-24-54(102)25-23-53)73(109)86-41-68(106)90-60(42-100)78(114)93-59(39-52-18-12-11-13-19-52)74(110)88-51(10)72(108)98-69(49(7)8)81(117)94-57(38-48(5)6)77(113)96-62(44-122)80(116)87-50(9)71(83)107/h11-13,18-19,22-25,46-51,55-64,69-70,100-102,122H,14-17,20-21,26-45H2,1-10H3,(H2,83,107)(H,84,103)(H,85,104)(H,86,109)(H,87,116)(H,88,110)(H,89,105)(H,90,106)(H,91,115)(H,92,112)(H,93,114)(H,94,117)(H,95,111)(H,96,113)(H,98,108)(H2,97,99,118)/t50-,51-,55-,56-,57-,58-,59-,60-,61-,62-,63-,64-,69-,70-/m0/s1. The number of unbranched alkanes of at least 4 members (excludes halogenated alkanes) is 1. The number of carbonyl (C=O) groups excluding carboxylic acids is 16. The van der Waals surface area contributed by atoms with Crippen LogP contribution in [0.3, 0.4) is 0 Å². The summed E-state index contributed by atoms with van der Waals surface area (Å²) in [6.07, 6.45) is 3.39. The fourth-order valence-corrected chi connectivity index (χ4v) is 14.7. The number of phenols is 1. The number of urea groups is 1. The average Bonchev–Trinajstić information content (AvgIpc) is 1.68. The Labute approximate surface area is 728 Å². The summed E-state index contributed by atoms with van der Waals surface area (Å²) in [4.78, 5) is 214. The third-order valence-electron chi connectivity index (χ3n) is 19.6. The number of phenolic OH excluding ortho intramolecular Hbond substituents is 1. The van der Waals surface area contributed by atoms with Crippen molar-refractivity contribution in [2.24, 2.45) is 29.4 Å². The Hall–Kier alpha value is -9.94. The molecule has 0 aromatic heterocycles. The highest BCUT2D eigenvalue weighted by Gasteiger charge is 2.43. The van der Waals surface area contributed by atoms with Crippen molar-refractivity contribution in [1.82, 2.24) is 85.1 Å². The molecule has 0 spiro atoms. The number of aliphatic hydroxyl groups is 2. The highest BCUT2D eigenvalue weighted by Crippen LogP contribution is 2.33. The number of amides is 17. The molecule has 2 saturated heterocycles. The van der Waals surface area contributed by atoms with Gasteiger partial charge >= 0.3 is 6.03 Å². The van der Waals surface area contributed by atoms with E-state index in [1.807, 2.05) is 11.8 Å². The van der Waals surface area contributed by atoms with Crippen LogP contribution in [0.5, 0.6) is 5.75 Å². The molecule has 41 heteroatoms. The number of thiol groups is 1. The number of primary amides is 1. The first kappa shape index (κ1) is 105. The molecule has 4 rings (SSSR count). The van der Waals surface area contributed by atoms with Crippen LogP contribution < -0.4 is 90.8 Å². The van der Waals surface area contributed by atoms with Crippen molar-refractivity contribution < 1.29 is 106 Å². The summed E-state index contributed by atoms with van der Waals surface area (Å²) in [5.74, 6) is -12.5. The summed E-state index contributed by atoms with van der Waals surface area (Å²) >= 11 is 6.03. The summed E-state index contributed by atoms with van der Waals surface area (Å²) in [6, 6.07) is -1.17. The Balaban J connectivity index is 1.26. The number of ether oxygens (including phenoxy) is 3. The van der Waals surface area contributed by atoms with E-state index in [9.17, 15) is 92.0 Å². The van der Waals surface area contributed by atoms with Crippen molar-refractivity contribution >= 4 is 119 Å². The van der Waals surface area contributed by atoms with Crippen LogP contribution in [0.15, 0.2) is 54.6 Å². The minimum absolute atomic E-state index is 0.00649. The molecule has 0 bridgehead atoms. The van der Waals surface area contributed by atoms with Crippen molar-refractivity contribution in [3.63, 3.8) is 0 Å². The first-order valence-corrected chi connectivity index (χ1v) is 43.6. The van der Waals surface area contributed by atoms with Crippen LogP contribution in [0, 0.1) is 23.7 Å². The third-order valence-corrected chi connectivity index (χ3v) is 21.5. The maximum Gasteiger partial charge on any atom is 0.315 e. The van der Waals surface area contributed by atoms with Gasteiger partial charge in [0, 0.05) is 75.2 Å². The second-order valence-corrected chi connectivity index (χ2v) is 33.7. The van der Waals surface area contributed by atoms with Crippen molar-refractivity contribution in [3.05, 3.63) is 65.7 Å². The minimum Gasteiger partial charge on any atom is -0.508 e. The molecule has 0 aliphatic carbocycles. The number of benzene rings is 2. The fourth-order valence-electron chi connectivity index (χ4n) is 12.9. The van der Waals surface area contributed by atoms with Gasteiger partial charge in [-0.2, -0.15) is 24.4 Å². The number of rotatable bonds is 60. The maximum absolute atomic E-state index is 14.4. The molecule has 21 N–H and O–H groups in total. The predicted molar refractivity (Wildman–Crippen MR) is 459 cm³/mol. The Kier molecular flexibility index (Phi) is 48.6. The van der Waals surface area contributed by atoms with Crippen molar-refractivity contribution in [3.8, 4) is 5.75 Å². The first-order chi connectivity index (χ1) is 58.4. The zero-order chi connectivity index (χ0) is 91.3. The molecule has 2 aromatic rings. The van der Waals surface area contributed by atoms with Gasteiger partial charge in [-0.05, 0) is 106 Å². The lowest BCUT2D eigenvalue weighted by Gasteiger charge is -2.28. The van der Waals surface area contributed by atoms with Gasteiger partial charge in [-0.1, -0.05) is 104 Å². The largest absolute Gasteiger partial charge is 0.508 e. The quantitative estimate of drug-likeness (QED) is 0.0184. The first-order valence-electron chi connectivity index (χ1n) is 41.9. The van der Waals surface area contributed by atoms with E-state index in [1.165, 1.54) is 38.1 Å². The van der Waals surface area contributed by atoms with Gasteiger partial charge < -0.3 is 120 Å². The number of aromatic hydroxyl groups is 1. The summed E-state index contributed by atoms with van der Waals surface area (Å²) in [5, 5.41) is 73.1. The van der Waals surface area contributed by atoms with Gasteiger partial charge in [0.25, 0.3) is 0 Å². The van der Waals surface area contributed by atoms with Crippen molar-refractivity contribution in [2.45, 2.75) is 237 Å². The normalized spacial score (nSPS) is 16.8. The number of nitrogens with one attached hydrogen (secondary N) is 16. The zero-order valence-corrected chi connectivity index (χ0v) is 73.7. The molecule has 2 aliphatic heterocycles. The molecule has 123 heavy (non-hydrogen) atoms.